The number of nitrogens with one attached hydrogen (secondary N) is 1. The lowest BCUT2D eigenvalue weighted by Gasteiger charge is -2.15. The molecule has 0 fully saturated rings. The SMILES string of the molecule is COc1ccc2c(c1NC(C)C)OCO2. The van der Waals surface area contributed by atoms with Gasteiger partial charge in [-0.2, -0.15) is 0 Å². The second-order valence-corrected chi connectivity index (χ2v) is 3.68. The first-order chi connectivity index (χ1) is 7.22. The molecule has 0 bridgehead atoms. The van der Waals surface area contributed by atoms with Crippen molar-refractivity contribution < 1.29 is 14.2 Å². The lowest BCUT2D eigenvalue weighted by molar-refractivity contribution is 0.174. The van der Waals surface area contributed by atoms with Crippen molar-refractivity contribution in [3.63, 3.8) is 0 Å². The molecule has 82 valence electrons. The summed E-state index contributed by atoms with van der Waals surface area (Å²) in [6.45, 7) is 4.40. The van der Waals surface area contributed by atoms with Gasteiger partial charge in [-0.15, -0.1) is 0 Å². The Morgan fingerprint density at radius 2 is 2.13 bits per heavy atom. The van der Waals surface area contributed by atoms with Crippen LogP contribution < -0.4 is 19.5 Å². The normalized spacial score (nSPS) is 13.1. The van der Waals surface area contributed by atoms with E-state index >= 15 is 0 Å². The highest BCUT2D eigenvalue weighted by molar-refractivity contribution is 5.72. The summed E-state index contributed by atoms with van der Waals surface area (Å²) in [6.07, 6.45) is 0. The van der Waals surface area contributed by atoms with Crippen LogP contribution in [0.1, 0.15) is 13.8 Å². The average Bonchev–Trinajstić information content (AvgIpc) is 2.65. The molecule has 0 aliphatic carbocycles. The van der Waals surface area contributed by atoms with Gasteiger partial charge in [0.2, 0.25) is 6.79 Å². The largest absolute Gasteiger partial charge is 0.494 e. The maximum atomic E-state index is 5.41. The van der Waals surface area contributed by atoms with Gasteiger partial charge in [0.25, 0.3) is 0 Å². The van der Waals surface area contributed by atoms with E-state index in [1.54, 1.807) is 7.11 Å². The van der Waals surface area contributed by atoms with E-state index in [2.05, 4.69) is 19.2 Å². The number of fused-ring (bicyclic) bond motifs is 1. The fraction of sp³-hybridized carbons (Fsp3) is 0.455. The Balaban J connectivity index is 2.42. The van der Waals surface area contributed by atoms with Gasteiger partial charge in [0.15, 0.2) is 11.5 Å². The van der Waals surface area contributed by atoms with Gasteiger partial charge in [0.05, 0.1) is 7.11 Å². The first-order valence-electron chi connectivity index (χ1n) is 4.95. The first kappa shape index (κ1) is 9.96. The molecule has 4 heteroatoms. The van der Waals surface area contributed by atoms with E-state index in [4.69, 9.17) is 14.2 Å². The smallest absolute Gasteiger partial charge is 0.231 e. The van der Waals surface area contributed by atoms with Crippen LogP contribution in [0.25, 0.3) is 0 Å². The third kappa shape index (κ3) is 1.79. The maximum Gasteiger partial charge on any atom is 0.231 e. The number of ether oxygens (including phenoxy) is 3. The minimum Gasteiger partial charge on any atom is -0.494 e. The highest BCUT2D eigenvalue weighted by Gasteiger charge is 2.21. The Morgan fingerprint density at radius 3 is 2.80 bits per heavy atom. The molecular weight excluding hydrogens is 194 g/mol. The molecule has 0 saturated carbocycles. The molecule has 0 spiro atoms. The van der Waals surface area contributed by atoms with E-state index in [0.29, 0.717) is 6.04 Å². The third-order valence-corrected chi connectivity index (χ3v) is 2.15. The molecule has 0 atom stereocenters. The molecule has 0 unspecified atom stereocenters. The van der Waals surface area contributed by atoms with Gasteiger partial charge in [-0.3, -0.25) is 0 Å². The van der Waals surface area contributed by atoms with Crippen molar-refractivity contribution in [2.45, 2.75) is 19.9 Å². The minimum atomic E-state index is 0.273. The van der Waals surface area contributed by atoms with Crippen molar-refractivity contribution >= 4 is 5.69 Å². The molecule has 0 amide bonds. The van der Waals surface area contributed by atoms with E-state index in [0.717, 1.165) is 22.9 Å². The van der Waals surface area contributed by atoms with Crippen molar-refractivity contribution in [2.75, 3.05) is 19.2 Å². The van der Waals surface area contributed by atoms with Crippen LogP contribution in [0.5, 0.6) is 17.2 Å². The zero-order valence-corrected chi connectivity index (χ0v) is 9.16. The second kappa shape index (κ2) is 3.88. The zero-order valence-electron chi connectivity index (χ0n) is 9.16. The summed E-state index contributed by atoms with van der Waals surface area (Å²) in [7, 11) is 1.64. The predicted molar refractivity (Wildman–Crippen MR) is 57.9 cm³/mol. The lowest BCUT2D eigenvalue weighted by atomic mass is 10.2. The molecule has 1 N–H and O–H groups in total. The Labute approximate surface area is 89.1 Å². The fourth-order valence-electron chi connectivity index (χ4n) is 1.55. The summed E-state index contributed by atoms with van der Waals surface area (Å²) in [5, 5.41) is 3.29. The molecular formula is C11H15NO3. The molecule has 1 aromatic rings. The molecule has 1 aliphatic heterocycles. The van der Waals surface area contributed by atoms with Gasteiger partial charge in [-0.1, -0.05) is 0 Å². The van der Waals surface area contributed by atoms with Crippen LogP contribution in [0.3, 0.4) is 0 Å². The molecule has 1 aromatic carbocycles. The van der Waals surface area contributed by atoms with E-state index in [9.17, 15) is 0 Å². The van der Waals surface area contributed by atoms with Crippen LogP contribution >= 0.6 is 0 Å². The number of hydrogen-bond donors (Lipinski definition) is 1. The molecule has 15 heavy (non-hydrogen) atoms. The van der Waals surface area contributed by atoms with Gasteiger partial charge >= 0.3 is 0 Å². The molecule has 0 radical (unpaired) electrons. The minimum absolute atomic E-state index is 0.273. The van der Waals surface area contributed by atoms with Crippen LogP contribution in [0.2, 0.25) is 0 Å². The third-order valence-electron chi connectivity index (χ3n) is 2.15. The van der Waals surface area contributed by atoms with E-state index in [-0.39, 0.29) is 6.79 Å². The van der Waals surface area contributed by atoms with E-state index < -0.39 is 0 Å². The number of rotatable bonds is 3. The molecule has 0 saturated heterocycles. The summed E-state index contributed by atoms with van der Waals surface area (Å²) in [5.41, 5.74) is 0.863. The Kier molecular flexibility index (Phi) is 2.58. The summed E-state index contributed by atoms with van der Waals surface area (Å²) in [5.74, 6) is 2.27. The summed E-state index contributed by atoms with van der Waals surface area (Å²) >= 11 is 0. The van der Waals surface area contributed by atoms with Gasteiger partial charge in [0, 0.05) is 6.04 Å². The van der Waals surface area contributed by atoms with E-state index in [1.807, 2.05) is 12.1 Å². The zero-order chi connectivity index (χ0) is 10.8. The lowest BCUT2D eigenvalue weighted by Crippen LogP contribution is -2.11. The second-order valence-electron chi connectivity index (χ2n) is 3.68. The van der Waals surface area contributed by atoms with Gasteiger partial charge < -0.3 is 19.5 Å². The summed E-state index contributed by atoms with van der Waals surface area (Å²) in [4.78, 5) is 0. The van der Waals surface area contributed by atoms with Crippen LogP contribution in [-0.4, -0.2) is 19.9 Å². The van der Waals surface area contributed by atoms with Crippen molar-refractivity contribution in [3.05, 3.63) is 12.1 Å². The molecule has 1 aliphatic rings. The van der Waals surface area contributed by atoms with Crippen LogP contribution in [0.15, 0.2) is 12.1 Å². The van der Waals surface area contributed by atoms with Crippen molar-refractivity contribution in [2.24, 2.45) is 0 Å². The maximum absolute atomic E-state index is 5.41. The summed E-state index contributed by atoms with van der Waals surface area (Å²) < 4.78 is 16.0. The predicted octanol–water partition coefficient (Wildman–Crippen LogP) is 2.24. The molecule has 0 aromatic heterocycles. The first-order valence-corrected chi connectivity index (χ1v) is 4.95. The quantitative estimate of drug-likeness (QED) is 0.828. The van der Waals surface area contributed by atoms with Gasteiger partial charge in [0.1, 0.15) is 11.4 Å². The molecule has 1 heterocycles. The van der Waals surface area contributed by atoms with Crippen LogP contribution in [0.4, 0.5) is 5.69 Å². The van der Waals surface area contributed by atoms with Gasteiger partial charge in [-0.05, 0) is 26.0 Å². The van der Waals surface area contributed by atoms with Crippen LogP contribution in [-0.2, 0) is 0 Å². The monoisotopic (exact) mass is 209 g/mol. The highest BCUT2D eigenvalue weighted by Crippen LogP contribution is 2.45. The summed E-state index contributed by atoms with van der Waals surface area (Å²) in [6, 6.07) is 4.04. The number of benzene rings is 1. The Morgan fingerprint density at radius 1 is 1.33 bits per heavy atom. The number of methoxy groups -OCH3 is 1. The van der Waals surface area contributed by atoms with Crippen molar-refractivity contribution in [3.8, 4) is 17.2 Å². The number of hydrogen-bond acceptors (Lipinski definition) is 4. The average molecular weight is 209 g/mol. The molecule has 2 rings (SSSR count). The highest BCUT2D eigenvalue weighted by atomic mass is 16.7. The van der Waals surface area contributed by atoms with Crippen molar-refractivity contribution in [1.29, 1.82) is 0 Å². The fourth-order valence-corrected chi connectivity index (χ4v) is 1.55. The van der Waals surface area contributed by atoms with E-state index in [1.165, 1.54) is 0 Å². The Bertz CT molecular complexity index is 363. The van der Waals surface area contributed by atoms with Crippen LogP contribution in [0, 0.1) is 0 Å². The molecule has 4 nitrogen and oxygen atoms in total. The standard InChI is InChI=1S/C11H15NO3/c1-7(2)12-10-8(13-3)4-5-9-11(10)15-6-14-9/h4-5,7,12H,6H2,1-3H3. The topological polar surface area (TPSA) is 39.7 Å². The Hall–Kier alpha value is -1.58. The van der Waals surface area contributed by atoms with Crippen molar-refractivity contribution in [1.82, 2.24) is 0 Å². The van der Waals surface area contributed by atoms with Gasteiger partial charge in [-0.25, -0.2) is 0 Å². The number of anilines is 1.